The van der Waals surface area contributed by atoms with E-state index in [0.29, 0.717) is 13.1 Å². The lowest BCUT2D eigenvalue weighted by Gasteiger charge is -2.33. The maximum Gasteiger partial charge on any atom is 0.246 e. The molecule has 1 saturated heterocycles. The van der Waals surface area contributed by atoms with Crippen molar-refractivity contribution in [3.8, 4) is 0 Å². The zero-order valence-corrected chi connectivity index (χ0v) is 17.6. The Kier molecular flexibility index (Phi) is 6.19. The summed E-state index contributed by atoms with van der Waals surface area (Å²) in [5, 5.41) is 2.12. The molecule has 26 heavy (non-hydrogen) atoms. The van der Waals surface area contributed by atoms with Gasteiger partial charge < -0.3 is 4.90 Å². The standard InChI is InChI=1S/C17H16BrClN2O3S2/c18-13-3-5-16(15(19)12-13)26(23,24)21-9-7-20(8-10-21)17(22)6-4-14-2-1-11-25-14/h1-6,11-12H,7-10H2. The van der Waals surface area contributed by atoms with E-state index in [9.17, 15) is 13.2 Å². The second kappa shape index (κ2) is 8.22. The number of hydrogen-bond donors (Lipinski definition) is 0. The monoisotopic (exact) mass is 474 g/mol. The molecule has 0 N–H and O–H groups in total. The molecule has 0 unspecified atom stereocenters. The Morgan fingerprint density at radius 2 is 1.92 bits per heavy atom. The van der Waals surface area contributed by atoms with Crippen LogP contribution in [0.15, 0.2) is 51.2 Å². The quantitative estimate of drug-likeness (QED) is 0.634. The maximum atomic E-state index is 12.8. The molecule has 0 aliphatic carbocycles. The Labute approximate surface area is 170 Å². The summed E-state index contributed by atoms with van der Waals surface area (Å²) in [5.74, 6) is -0.114. The van der Waals surface area contributed by atoms with Gasteiger partial charge in [-0.1, -0.05) is 33.6 Å². The van der Waals surface area contributed by atoms with Crippen molar-refractivity contribution in [3.05, 3.63) is 56.2 Å². The van der Waals surface area contributed by atoms with E-state index in [1.54, 1.807) is 34.4 Å². The normalized spacial score (nSPS) is 16.3. The summed E-state index contributed by atoms with van der Waals surface area (Å²) in [6.07, 6.45) is 3.30. The lowest BCUT2D eigenvalue weighted by atomic mass is 10.3. The van der Waals surface area contributed by atoms with Gasteiger partial charge in [0.05, 0.1) is 5.02 Å². The van der Waals surface area contributed by atoms with Crippen molar-refractivity contribution in [3.63, 3.8) is 0 Å². The van der Waals surface area contributed by atoms with E-state index >= 15 is 0 Å². The zero-order chi connectivity index (χ0) is 18.7. The number of piperazine rings is 1. The van der Waals surface area contributed by atoms with Gasteiger partial charge >= 0.3 is 0 Å². The van der Waals surface area contributed by atoms with Gasteiger partial charge in [0.2, 0.25) is 15.9 Å². The molecule has 0 spiro atoms. The average Bonchev–Trinajstić information content (AvgIpc) is 3.13. The van der Waals surface area contributed by atoms with Crippen LogP contribution in [0.25, 0.3) is 6.08 Å². The fourth-order valence-corrected chi connectivity index (χ4v) is 5.67. The Bertz CT molecular complexity index is 921. The van der Waals surface area contributed by atoms with Gasteiger partial charge in [-0.25, -0.2) is 8.42 Å². The number of amides is 1. The van der Waals surface area contributed by atoms with Crippen molar-refractivity contribution in [2.45, 2.75) is 4.90 Å². The van der Waals surface area contributed by atoms with Crippen LogP contribution in [0.4, 0.5) is 0 Å². The maximum absolute atomic E-state index is 12.8. The molecule has 1 aliphatic heterocycles. The lowest BCUT2D eigenvalue weighted by Crippen LogP contribution is -2.50. The van der Waals surface area contributed by atoms with E-state index < -0.39 is 10.0 Å². The van der Waals surface area contributed by atoms with Crippen molar-refractivity contribution in [1.82, 2.24) is 9.21 Å². The molecule has 1 aromatic heterocycles. The number of rotatable bonds is 4. The predicted octanol–water partition coefficient (Wildman–Crippen LogP) is 3.71. The second-order valence-electron chi connectivity index (χ2n) is 5.65. The van der Waals surface area contributed by atoms with Crippen molar-refractivity contribution >= 4 is 60.9 Å². The van der Waals surface area contributed by atoms with Crippen molar-refractivity contribution < 1.29 is 13.2 Å². The number of carbonyl (C=O) groups is 1. The number of sulfonamides is 1. The first-order valence-corrected chi connectivity index (χ1v) is 11.3. The fourth-order valence-electron chi connectivity index (χ4n) is 2.62. The molecule has 2 aromatic rings. The molecule has 1 aromatic carbocycles. The van der Waals surface area contributed by atoms with Crippen LogP contribution in [0.2, 0.25) is 5.02 Å². The molecule has 1 fully saturated rings. The van der Waals surface area contributed by atoms with Crippen LogP contribution in [0.3, 0.4) is 0 Å². The van der Waals surface area contributed by atoms with Crippen LogP contribution in [0, 0.1) is 0 Å². The van der Waals surface area contributed by atoms with E-state index in [1.165, 1.54) is 16.4 Å². The van der Waals surface area contributed by atoms with Crippen LogP contribution < -0.4 is 0 Å². The molecule has 3 rings (SSSR count). The summed E-state index contributed by atoms with van der Waals surface area (Å²) >= 11 is 10.9. The summed E-state index contributed by atoms with van der Waals surface area (Å²) < 4.78 is 27.7. The van der Waals surface area contributed by atoms with E-state index in [2.05, 4.69) is 15.9 Å². The summed E-state index contributed by atoms with van der Waals surface area (Å²) in [7, 11) is -3.68. The largest absolute Gasteiger partial charge is 0.337 e. The first-order chi connectivity index (χ1) is 12.4. The molecule has 0 radical (unpaired) electrons. The second-order valence-corrected chi connectivity index (χ2v) is 9.86. The van der Waals surface area contributed by atoms with Crippen molar-refractivity contribution in [1.29, 1.82) is 0 Å². The highest BCUT2D eigenvalue weighted by Gasteiger charge is 2.31. The van der Waals surface area contributed by atoms with Crippen molar-refractivity contribution in [2.24, 2.45) is 0 Å². The third-order valence-electron chi connectivity index (χ3n) is 4.00. The molecule has 0 saturated carbocycles. The molecule has 5 nitrogen and oxygen atoms in total. The van der Waals surface area contributed by atoms with Crippen LogP contribution in [-0.4, -0.2) is 49.7 Å². The van der Waals surface area contributed by atoms with Crippen molar-refractivity contribution in [2.75, 3.05) is 26.2 Å². The lowest BCUT2D eigenvalue weighted by molar-refractivity contribution is -0.127. The zero-order valence-electron chi connectivity index (χ0n) is 13.6. The molecular formula is C17H16BrClN2O3S2. The van der Waals surface area contributed by atoms with Gasteiger partial charge in [-0.3, -0.25) is 4.79 Å². The third-order valence-corrected chi connectivity index (χ3v) is 7.71. The highest BCUT2D eigenvalue weighted by atomic mass is 79.9. The number of thiophene rings is 1. The van der Waals surface area contributed by atoms with Gasteiger partial charge in [0.25, 0.3) is 0 Å². The van der Waals surface area contributed by atoms with Gasteiger partial charge in [-0.2, -0.15) is 4.31 Å². The first-order valence-electron chi connectivity index (χ1n) is 7.83. The average molecular weight is 476 g/mol. The Balaban J connectivity index is 1.65. The number of carbonyl (C=O) groups excluding carboxylic acids is 1. The number of nitrogens with zero attached hydrogens (tertiary/aromatic N) is 2. The summed E-state index contributed by atoms with van der Waals surface area (Å²) in [6.45, 7) is 1.18. The Morgan fingerprint density at radius 3 is 2.54 bits per heavy atom. The predicted molar refractivity (Wildman–Crippen MR) is 108 cm³/mol. The summed E-state index contributed by atoms with van der Waals surface area (Å²) in [6, 6.07) is 8.55. The highest BCUT2D eigenvalue weighted by molar-refractivity contribution is 9.10. The molecule has 1 aliphatic rings. The molecule has 0 atom stereocenters. The Hall–Kier alpha value is -1.19. The minimum absolute atomic E-state index is 0.0831. The first kappa shape index (κ1) is 19.6. The molecule has 138 valence electrons. The van der Waals surface area contributed by atoms with Gasteiger partial charge in [0.15, 0.2) is 0 Å². The van der Waals surface area contributed by atoms with Crippen LogP contribution in [0.5, 0.6) is 0 Å². The van der Waals surface area contributed by atoms with E-state index in [4.69, 9.17) is 11.6 Å². The topological polar surface area (TPSA) is 57.7 Å². The summed E-state index contributed by atoms with van der Waals surface area (Å²) in [4.78, 5) is 15.0. The molecule has 2 heterocycles. The van der Waals surface area contributed by atoms with Gasteiger partial charge in [-0.15, -0.1) is 11.3 Å². The molecule has 1 amide bonds. The molecular weight excluding hydrogens is 460 g/mol. The van der Waals surface area contributed by atoms with Crippen LogP contribution in [-0.2, 0) is 14.8 Å². The number of halogens is 2. The van der Waals surface area contributed by atoms with Gasteiger partial charge in [0, 0.05) is 41.6 Å². The smallest absolute Gasteiger partial charge is 0.246 e. The highest BCUT2D eigenvalue weighted by Crippen LogP contribution is 2.28. The summed E-state index contributed by atoms with van der Waals surface area (Å²) in [5.41, 5.74) is 0. The fraction of sp³-hybridized carbons (Fsp3) is 0.235. The number of hydrogen-bond acceptors (Lipinski definition) is 4. The minimum atomic E-state index is -3.68. The SMILES string of the molecule is O=C(C=Cc1cccs1)N1CCN(S(=O)(=O)c2ccc(Br)cc2Cl)CC1. The number of benzene rings is 1. The molecule has 0 bridgehead atoms. The minimum Gasteiger partial charge on any atom is -0.337 e. The van der Waals surface area contributed by atoms with Crippen LogP contribution >= 0.6 is 38.9 Å². The van der Waals surface area contributed by atoms with E-state index in [-0.39, 0.29) is 28.9 Å². The Morgan fingerprint density at radius 1 is 1.19 bits per heavy atom. The van der Waals surface area contributed by atoms with E-state index in [0.717, 1.165) is 9.35 Å². The van der Waals surface area contributed by atoms with Gasteiger partial charge in [0.1, 0.15) is 4.90 Å². The molecule has 9 heteroatoms. The third kappa shape index (κ3) is 4.37. The van der Waals surface area contributed by atoms with E-state index in [1.807, 2.05) is 17.5 Å². The van der Waals surface area contributed by atoms with Crippen LogP contribution in [0.1, 0.15) is 4.88 Å². The van der Waals surface area contributed by atoms with Gasteiger partial charge in [-0.05, 0) is 35.7 Å².